The van der Waals surface area contributed by atoms with Gasteiger partial charge in [-0.25, -0.2) is 0 Å². The summed E-state index contributed by atoms with van der Waals surface area (Å²) in [5.41, 5.74) is 0. The lowest BCUT2D eigenvalue weighted by Gasteiger charge is -2.32. The number of carbonyl (C=O) groups excluding carboxylic acids is 1. The first-order valence-electron chi connectivity index (χ1n) is 3.71. The minimum absolute atomic E-state index is 0.0313. The van der Waals surface area contributed by atoms with Crippen LogP contribution in [-0.2, 0) is 4.79 Å². The van der Waals surface area contributed by atoms with E-state index in [1.54, 1.807) is 6.92 Å². The molecule has 0 radical (unpaired) electrons. The number of hydrogen-bond donors (Lipinski definition) is 2. The summed E-state index contributed by atoms with van der Waals surface area (Å²) < 4.78 is 0. The molecule has 0 aliphatic heterocycles. The summed E-state index contributed by atoms with van der Waals surface area (Å²) >= 11 is 0. The fourth-order valence-corrected chi connectivity index (χ4v) is 0.960. The second-order valence-corrected chi connectivity index (χ2v) is 2.67. The Morgan fingerprint density at radius 1 is 1.70 bits per heavy atom. The topological polar surface area (TPSA) is 49.3 Å². The molecule has 2 unspecified atom stereocenters. The Hall–Kier alpha value is -0.570. The molecule has 1 aliphatic carbocycles. The van der Waals surface area contributed by atoms with Crippen molar-refractivity contribution in [2.24, 2.45) is 0 Å². The highest BCUT2D eigenvalue weighted by Gasteiger charge is 2.29. The van der Waals surface area contributed by atoms with Crippen LogP contribution in [0.2, 0.25) is 0 Å². The van der Waals surface area contributed by atoms with Gasteiger partial charge in [0.05, 0.1) is 12.1 Å². The third-order valence-corrected chi connectivity index (χ3v) is 1.91. The molecule has 0 aromatic rings. The Bertz CT molecular complexity index is 136. The first-order chi connectivity index (χ1) is 4.74. The predicted molar refractivity (Wildman–Crippen MR) is 37.5 cm³/mol. The van der Waals surface area contributed by atoms with Crippen LogP contribution in [0.1, 0.15) is 26.2 Å². The molecule has 0 heterocycles. The fourth-order valence-electron chi connectivity index (χ4n) is 0.960. The standard InChI is InChI=1S/C7H13NO2/c1-2-7(10)8-5-3-4-6(5)9/h5-6,9H,2-4H2,1H3,(H,8,10). The molecule has 1 aliphatic rings. The van der Waals surface area contributed by atoms with Gasteiger partial charge in [0.15, 0.2) is 0 Å². The van der Waals surface area contributed by atoms with Crippen LogP contribution < -0.4 is 5.32 Å². The van der Waals surface area contributed by atoms with Crippen molar-refractivity contribution in [1.29, 1.82) is 0 Å². The Balaban J connectivity index is 2.19. The summed E-state index contributed by atoms with van der Waals surface area (Å²) in [6, 6.07) is 0.0347. The van der Waals surface area contributed by atoms with Crippen LogP contribution in [0, 0.1) is 0 Å². The Morgan fingerprint density at radius 3 is 2.70 bits per heavy atom. The molecule has 0 saturated heterocycles. The van der Waals surface area contributed by atoms with Gasteiger partial charge in [0, 0.05) is 6.42 Å². The van der Waals surface area contributed by atoms with Crippen molar-refractivity contribution >= 4 is 5.91 Å². The van der Waals surface area contributed by atoms with Crippen LogP contribution in [0.3, 0.4) is 0 Å². The second-order valence-electron chi connectivity index (χ2n) is 2.67. The van der Waals surface area contributed by atoms with E-state index in [1.165, 1.54) is 0 Å². The fraction of sp³-hybridized carbons (Fsp3) is 0.857. The van der Waals surface area contributed by atoms with Gasteiger partial charge < -0.3 is 10.4 Å². The van der Waals surface area contributed by atoms with Crippen molar-refractivity contribution in [2.45, 2.75) is 38.3 Å². The lowest BCUT2D eigenvalue weighted by atomic mass is 9.89. The lowest BCUT2D eigenvalue weighted by molar-refractivity contribution is -0.123. The summed E-state index contributed by atoms with van der Waals surface area (Å²) in [5.74, 6) is 0.0313. The van der Waals surface area contributed by atoms with Crippen molar-refractivity contribution in [2.75, 3.05) is 0 Å². The number of aliphatic hydroxyl groups is 1. The SMILES string of the molecule is CCC(=O)NC1CCC1O. The number of aliphatic hydroxyl groups excluding tert-OH is 1. The molecule has 3 nitrogen and oxygen atoms in total. The van der Waals surface area contributed by atoms with E-state index in [9.17, 15) is 4.79 Å². The summed E-state index contributed by atoms with van der Waals surface area (Å²) in [7, 11) is 0. The van der Waals surface area contributed by atoms with E-state index >= 15 is 0 Å². The van der Waals surface area contributed by atoms with Crippen LogP contribution in [0.25, 0.3) is 0 Å². The maximum absolute atomic E-state index is 10.7. The molecule has 0 aromatic heterocycles. The molecule has 2 N–H and O–H groups in total. The molecule has 2 atom stereocenters. The maximum Gasteiger partial charge on any atom is 0.220 e. The molecule has 1 rings (SSSR count). The third kappa shape index (κ3) is 1.48. The van der Waals surface area contributed by atoms with Crippen molar-refractivity contribution in [3.8, 4) is 0 Å². The third-order valence-electron chi connectivity index (χ3n) is 1.91. The first-order valence-corrected chi connectivity index (χ1v) is 3.71. The van der Waals surface area contributed by atoms with Gasteiger partial charge in [0.25, 0.3) is 0 Å². The van der Waals surface area contributed by atoms with E-state index < -0.39 is 0 Å². The largest absolute Gasteiger partial charge is 0.391 e. The van der Waals surface area contributed by atoms with Crippen LogP contribution in [-0.4, -0.2) is 23.2 Å². The number of carbonyl (C=O) groups is 1. The number of nitrogens with one attached hydrogen (secondary N) is 1. The van der Waals surface area contributed by atoms with Crippen molar-refractivity contribution in [3.05, 3.63) is 0 Å². The lowest BCUT2D eigenvalue weighted by Crippen LogP contribution is -2.49. The van der Waals surface area contributed by atoms with E-state index in [1.807, 2.05) is 0 Å². The molecule has 10 heavy (non-hydrogen) atoms. The average molecular weight is 143 g/mol. The molecule has 1 fully saturated rings. The minimum atomic E-state index is -0.296. The highest BCUT2D eigenvalue weighted by Crippen LogP contribution is 2.19. The molecule has 0 spiro atoms. The van der Waals surface area contributed by atoms with Gasteiger partial charge >= 0.3 is 0 Å². The zero-order valence-electron chi connectivity index (χ0n) is 6.13. The molecule has 58 valence electrons. The highest BCUT2D eigenvalue weighted by molar-refractivity contribution is 5.76. The molecular formula is C7H13NO2. The van der Waals surface area contributed by atoms with E-state index in [0.29, 0.717) is 6.42 Å². The molecule has 1 saturated carbocycles. The highest BCUT2D eigenvalue weighted by atomic mass is 16.3. The van der Waals surface area contributed by atoms with E-state index in [2.05, 4.69) is 5.32 Å². The monoisotopic (exact) mass is 143 g/mol. The van der Waals surface area contributed by atoms with Crippen LogP contribution in [0.4, 0.5) is 0 Å². The number of rotatable bonds is 2. The quantitative estimate of drug-likeness (QED) is 0.573. The minimum Gasteiger partial charge on any atom is -0.391 e. The van der Waals surface area contributed by atoms with Crippen molar-refractivity contribution in [3.63, 3.8) is 0 Å². The molecule has 0 aromatic carbocycles. The second kappa shape index (κ2) is 3.01. The summed E-state index contributed by atoms with van der Waals surface area (Å²) in [5, 5.41) is 11.8. The van der Waals surface area contributed by atoms with Gasteiger partial charge in [-0.3, -0.25) is 4.79 Å². The maximum atomic E-state index is 10.7. The molecule has 1 amide bonds. The van der Waals surface area contributed by atoms with Crippen molar-refractivity contribution < 1.29 is 9.90 Å². The van der Waals surface area contributed by atoms with Crippen molar-refractivity contribution in [1.82, 2.24) is 5.32 Å². The Labute approximate surface area is 60.4 Å². The average Bonchev–Trinajstić information content (AvgIpc) is 1.96. The van der Waals surface area contributed by atoms with Crippen LogP contribution in [0.5, 0.6) is 0 Å². The van der Waals surface area contributed by atoms with Gasteiger partial charge in [-0.05, 0) is 12.8 Å². The Morgan fingerprint density at radius 2 is 2.40 bits per heavy atom. The van der Waals surface area contributed by atoms with Crippen LogP contribution in [0.15, 0.2) is 0 Å². The molecular weight excluding hydrogens is 130 g/mol. The van der Waals surface area contributed by atoms with Gasteiger partial charge in [-0.15, -0.1) is 0 Å². The van der Waals surface area contributed by atoms with Gasteiger partial charge in [0.2, 0.25) is 5.91 Å². The number of amides is 1. The van der Waals surface area contributed by atoms with Gasteiger partial charge in [-0.2, -0.15) is 0 Å². The van der Waals surface area contributed by atoms with E-state index in [0.717, 1.165) is 12.8 Å². The normalized spacial score (nSPS) is 31.0. The Kier molecular flexibility index (Phi) is 2.27. The van der Waals surface area contributed by atoms with Crippen LogP contribution >= 0.6 is 0 Å². The molecule has 3 heteroatoms. The van der Waals surface area contributed by atoms with E-state index in [4.69, 9.17) is 5.11 Å². The molecule has 0 bridgehead atoms. The zero-order valence-corrected chi connectivity index (χ0v) is 6.13. The summed E-state index contributed by atoms with van der Waals surface area (Å²) in [6.07, 6.45) is 1.96. The summed E-state index contributed by atoms with van der Waals surface area (Å²) in [4.78, 5) is 10.7. The summed E-state index contributed by atoms with van der Waals surface area (Å²) in [6.45, 7) is 1.81. The van der Waals surface area contributed by atoms with E-state index in [-0.39, 0.29) is 18.1 Å². The van der Waals surface area contributed by atoms with Gasteiger partial charge in [0.1, 0.15) is 0 Å². The predicted octanol–water partition coefficient (Wildman–Crippen LogP) is 0.0359. The zero-order chi connectivity index (χ0) is 7.56. The number of hydrogen-bond acceptors (Lipinski definition) is 2. The first kappa shape index (κ1) is 7.54. The van der Waals surface area contributed by atoms with Gasteiger partial charge in [-0.1, -0.05) is 6.92 Å². The smallest absolute Gasteiger partial charge is 0.220 e.